The van der Waals surface area contributed by atoms with E-state index in [4.69, 9.17) is 4.52 Å². The Morgan fingerprint density at radius 1 is 1.41 bits per heavy atom. The molecule has 22 heavy (non-hydrogen) atoms. The Labute approximate surface area is 128 Å². The molecule has 118 valence electrons. The number of carbonyl (C=O) groups is 1. The first-order valence-electron chi connectivity index (χ1n) is 6.69. The van der Waals surface area contributed by atoms with Crippen LogP contribution >= 0.6 is 0 Å². The van der Waals surface area contributed by atoms with E-state index in [1.54, 1.807) is 20.8 Å². The second-order valence-electron chi connectivity index (χ2n) is 5.07. The van der Waals surface area contributed by atoms with Gasteiger partial charge in [0.2, 0.25) is 5.91 Å². The van der Waals surface area contributed by atoms with E-state index in [0.717, 1.165) is 5.56 Å². The Hall–Kier alpha value is -2.22. The second-order valence-corrected chi connectivity index (χ2v) is 6.75. The van der Waals surface area contributed by atoms with E-state index in [-0.39, 0.29) is 4.90 Å². The average molecular weight is 323 g/mol. The molecular formula is C14H17N3O4S. The topological polar surface area (TPSA) is 102 Å². The lowest BCUT2D eigenvalue weighted by molar-refractivity contribution is -0.122. The number of sulfonamides is 1. The van der Waals surface area contributed by atoms with Crippen LogP contribution in [0, 0.1) is 19.8 Å². The smallest absolute Gasteiger partial charge is 0.265 e. The molecule has 1 N–H and O–H groups in total. The monoisotopic (exact) mass is 323 g/mol. The molecule has 1 atom stereocenters. The Morgan fingerprint density at radius 2 is 2.14 bits per heavy atom. The van der Waals surface area contributed by atoms with Crippen molar-refractivity contribution >= 4 is 15.9 Å². The summed E-state index contributed by atoms with van der Waals surface area (Å²) in [6, 6.07) is 2.87. The number of nitrogens with one attached hydrogen (secondary N) is 1. The zero-order chi connectivity index (χ0) is 16.3. The first-order valence-corrected chi connectivity index (χ1v) is 8.18. The number of rotatable bonds is 5. The molecule has 0 fully saturated rings. The molecule has 0 spiro atoms. The van der Waals surface area contributed by atoms with E-state index in [0.29, 0.717) is 17.9 Å². The maximum absolute atomic E-state index is 12.1. The maximum Gasteiger partial charge on any atom is 0.265 e. The Balaban J connectivity index is 2.09. The number of aryl methyl sites for hydroxylation is 2. The quantitative estimate of drug-likeness (QED) is 0.891. The van der Waals surface area contributed by atoms with E-state index < -0.39 is 21.8 Å². The molecule has 0 aliphatic heterocycles. The van der Waals surface area contributed by atoms with Crippen LogP contribution in [0.3, 0.4) is 0 Å². The molecule has 1 amide bonds. The van der Waals surface area contributed by atoms with E-state index in [2.05, 4.69) is 14.9 Å². The molecule has 0 saturated heterocycles. The highest BCUT2D eigenvalue weighted by Gasteiger charge is 2.23. The van der Waals surface area contributed by atoms with Crippen LogP contribution < -0.4 is 4.72 Å². The zero-order valence-corrected chi connectivity index (χ0v) is 13.3. The summed E-state index contributed by atoms with van der Waals surface area (Å²) in [6.45, 7) is 5.19. The number of carbonyl (C=O) groups excluding carboxylic acids is 1. The predicted octanol–water partition coefficient (Wildman–Crippen LogP) is 1.37. The molecule has 2 rings (SSSR count). The van der Waals surface area contributed by atoms with Gasteiger partial charge in [0.05, 0.1) is 5.69 Å². The molecule has 2 aromatic heterocycles. The molecule has 0 aromatic carbocycles. The molecule has 0 aliphatic carbocycles. The van der Waals surface area contributed by atoms with Gasteiger partial charge >= 0.3 is 0 Å². The molecule has 2 heterocycles. The predicted molar refractivity (Wildman–Crippen MR) is 78.4 cm³/mol. The van der Waals surface area contributed by atoms with Crippen molar-refractivity contribution in [2.24, 2.45) is 5.92 Å². The van der Waals surface area contributed by atoms with Crippen LogP contribution in [-0.4, -0.2) is 24.5 Å². The molecule has 0 saturated carbocycles. The summed E-state index contributed by atoms with van der Waals surface area (Å²) in [5, 5.41) is 3.82. The van der Waals surface area contributed by atoms with Gasteiger partial charge in [0.15, 0.2) is 0 Å². The fourth-order valence-electron chi connectivity index (χ4n) is 1.99. The largest absolute Gasteiger partial charge is 0.361 e. The number of hydrogen-bond donors (Lipinski definition) is 1. The number of nitrogens with zero attached hydrogens (tertiary/aromatic N) is 2. The summed E-state index contributed by atoms with van der Waals surface area (Å²) in [5.74, 6) is -0.487. The van der Waals surface area contributed by atoms with Crippen molar-refractivity contribution in [3.63, 3.8) is 0 Å². The molecule has 0 unspecified atom stereocenters. The van der Waals surface area contributed by atoms with E-state index in [1.165, 1.54) is 24.5 Å². The number of amides is 1. The first kappa shape index (κ1) is 16.2. The number of hydrogen-bond acceptors (Lipinski definition) is 6. The summed E-state index contributed by atoms with van der Waals surface area (Å²) in [6.07, 6.45) is 3.01. The van der Waals surface area contributed by atoms with Crippen LogP contribution in [0.4, 0.5) is 0 Å². The second kappa shape index (κ2) is 6.27. The van der Waals surface area contributed by atoms with Crippen LogP contribution in [0.15, 0.2) is 33.9 Å². The van der Waals surface area contributed by atoms with Gasteiger partial charge in [-0.05, 0) is 32.4 Å². The summed E-state index contributed by atoms with van der Waals surface area (Å²) >= 11 is 0. The van der Waals surface area contributed by atoms with E-state index in [9.17, 15) is 13.2 Å². The fraction of sp³-hybridized carbons (Fsp3) is 0.357. The van der Waals surface area contributed by atoms with Gasteiger partial charge in [-0.1, -0.05) is 12.1 Å². The lowest BCUT2D eigenvalue weighted by atomic mass is 9.99. The molecule has 0 aliphatic rings. The standard InChI is InChI=1S/C14H17N3O4S/c1-9(7-13-10(2)16-21-11(13)3)14(18)17-22(19,20)12-5-4-6-15-8-12/h4-6,8-9H,7H2,1-3H3,(H,17,18)/t9-/m1/s1. The Kier molecular flexibility index (Phi) is 4.60. The maximum atomic E-state index is 12.1. The van der Waals surface area contributed by atoms with Crippen molar-refractivity contribution < 1.29 is 17.7 Å². The van der Waals surface area contributed by atoms with Gasteiger partial charge in [-0.3, -0.25) is 9.78 Å². The van der Waals surface area contributed by atoms with Gasteiger partial charge in [-0.25, -0.2) is 13.1 Å². The van der Waals surface area contributed by atoms with Crippen molar-refractivity contribution in [3.05, 3.63) is 41.5 Å². The van der Waals surface area contributed by atoms with Crippen molar-refractivity contribution in [1.82, 2.24) is 14.9 Å². The van der Waals surface area contributed by atoms with Crippen molar-refractivity contribution in [3.8, 4) is 0 Å². The van der Waals surface area contributed by atoms with Crippen LogP contribution in [0.2, 0.25) is 0 Å². The number of pyridine rings is 1. The van der Waals surface area contributed by atoms with Gasteiger partial charge in [0, 0.05) is 23.9 Å². The van der Waals surface area contributed by atoms with Crippen LogP contribution in [-0.2, 0) is 21.2 Å². The third-order valence-corrected chi connectivity index (χ3v) is 4.65. The SMILES string of the molecule is Cc1noc(C)c1C[C@@H](C)C(=O)NS(=O)(=O)c1cccnc1. The Bertz CT molecular complexity index is 749. The van der Waals surface area contributed by atoms with Crippen LogP contribution in [0.25, 0.3) is 0 Å². The fourth-order valence-corrected chi connectivity index (χ4v) is 3.03. The van der Waals surface area contributed by atoms with Crippen molar-refractivity contribution in [2.45, 2.75) is 32.1 Å². The lowest BCUT2D eigenvalue weighted by Gasteiger charge is -2.12. The first-order chi connectivity index (χ1) is 10.3. The van der Waals surface area contributed by atoms with Gasteiger partial charge in [0.25, 0.3) is 10.0 Å². The van der Waals surface area contributed by atoms with Crippen LogP contribution in [0.5, 0.6) is 0 Å². The van der Waals surface area contributed by atoms with Crippen molar-refractivity contribution in [1.29, 1.82) is 0 Å². The molecule has 8 heteroatoms. The molecule has 2 aromatic rings. The Morgan fingerprint density at radius 3 is 2.68 bits per heavy atom. The third kappa shape index (κ3) is 3.51. The minimum absolute atomic E-state index is 0.0483. The van der Waals surface area contributed by atoms with E-state index >= 15 is 0 Å². The normalized spacial score (nSPS) is 12.9. The van der Waals surface area contributed by atoms with Crippen molar-refractivity contribution in [2.75, 3.05) is 0 Å². The highest BCUT2D eigenvalue weighted by Crippen LogP contribution is 2.17. The van der Waals surface area contributed by atoms with Gasteiger partial charge in [0.1, 0.15) is 10.7 Å². The summed E-state index contributed by atoms with van der Waals surface area (Å²) in [4.78, 5) is 15.8. The highest BCUT2D eigenvalue weighted by molar-refractivity contribution is 7.90. The highest BCUT2D eigenvalue weighted by atomic mass is 32.2. The minimum atomic E-state index is -3.90. The number of aromatic nitrogens is 2. The van der Waals surface area contributed by atoms with Gasteiger partial charge in [-0.15, -0.1) is 0 Å². The molecule has 0 radical (unpaired) electrons. The summed E-state index contributed by atoms with van der Waals surface area (Å²) in [7, 11) is -3.90. The average Bonchev–Trinajstić information content (AvgIpc) is 2.79. The third-order valence-electron chi connectivity index (χ3n) is 3.32. The lowest BCUT2D eigenvalue weighted by Crippen LogP contribution is -2.35. The van der Waals surface area contributed by atoms with E-state index in [1.807, 2.05) is 0 Å². The minimum Gasteiger partial charge on any atom is -0.361 e. The van der Waals surface area contributed by atoms with Gasteiger partial charge < -0.3 is 4.52 Å². The van der Waals surface area contributed by atoms with Gasteiger partial charge in [-0.2, -0.15) is 0 Å². The summed E-state index contributed by atoms with van der Waals surface area (Å²) < 4.78 is 31.3. The molecular weight excluding hydrogens is 306 g/mol. The summed E-state index contributed by atoms with van der Waals surface area (Å²) in [5.41, 5.74) is 1.52. The van der Waals surface area contributed by atoms with Crippen LogP contribution in [0.1, 0.15) is 23.9 Å². The zero-order valence-electron chi connectivity index (χ0n) is 12.5. The molecule has 0 bridgehead atoms. The molecule has 7 nitrogen and oxygen atoms in total.